The summed E-state index contributed by atoms with van der Waals surface area (Å²) in [7, 11) is 0. The average molecular weight is 294 g/mol. The molecule has 0 radical (unpaired) electrons. The fourth-order valence-corrected chi connectivity index (χ4v) is 2.61. The van der Waals surface area contributed by atoms with E-state index < -0.39 is 5.97 Å². The molecule has 1 aromatic carbocycles. The van der Waals surface area contributed by atoms with Gasteiger partial charge in [0.05, 0.1) is 6.42 Å². The van der Waals surface area contributed by atoms with Gasteiger partial charge in [0.2, 0.25) is 0 Å². The Labute approximate surface area is 122 Å². The SMILES string of the molecule is Cc1c(F)cccc1NC(=O)N1CCCCC1CC(=O)O. The molecule has 1 fully saturated rings. The van der Waals surface area contributed by atoms with E-state index in [4.69, 9.17) is 5.11 Å². The molecule has 2 rings (SSSR count). The molecule has 0 aromatic heterocycles. The van der Waals surface area contributed by atoms with Gasteiger partial charge in [-0.25, -0.2) is 9.18 Å². The van der Waals surface area contributed by atoms with Gasteiger partial charge >= 0.3 is 12.0 Å². The largest absolute Gasteiger partial charge is 0.481 e. The highest BCUT2D eigenvalue weighted by Crippen LogP contribution is 2.23. The first-order valence-electron chi connectivity index (χ1n) is 7.03. The molecule has 1 aliphatic heterocycles. The number of carboxylic acids is 1. The standard InChI is InChI=1S/C15H19FN2O3/c1-10-12(16)6-4-7-13(10)17-15(21)18-8-3-2-5-11(18)9-14(19)20/h4,6-7,11H,2-3,5,8-9H2,1H3,(H,17,21)(H,19,20). The summed E-state index contributed by atoms with van der Waals surface area (Å²) >= 11 is 0. The zero-order chi connectivity index (χ0) is 15.4. The minimum atomic E-state index is -0.915. The zero-order valence-electron chi connectivity index (χ0n) is 11.9. The van der Waals surface area contributed by atoms with Crippen LogP contribution in [0.3, 0.4) is 0 Å². The van der Waals surface area contributed by atoms with Crippen molar-refractivity contribution in [3.8, 4) is 0 Å². The van der Waals surface area contributed by atoms with E-state index in [0.29, 0.717) is 24.2 Å². The number of carboxylic acid groups (broad SMARTS) is 1. The van der Waals surface area contributed by atoms with E-state index in [2.05, 4.69) is 5.32 Å². The van der Waals surface area contributed by atoms with Gasteiger partial charge in [0.15, 0.2) is 0 Å². The fraction of sp³-hybridized carbons (Fsp3) is 0.467. The van der Waals surface area contributed by atoms with Crippen LogP contribution < -0.4 is 5.32 Å². The Kier molecular flexibility index (Phi) is 4.77. The number of hydrogen-bond donors (Lipinski definition) is 2. The molecule has 5 nitrogen and oxygen atoms in total. The summed E-state index contributed by atoms with van der Waals surface area (Å²) in [5.74, 6) is -1.30. The summed E-state index contributed by atoms with van der Waals surface area (Å²) in [5, 5.41) is 11.6. The monoisotopic (exact) mass is 294 g/mol. The number of likely N-dealkylation sites (tertiary alicyclic amines) is 1. The number of benzene rings is 1. The molecule has 21 heavy (non-hydrogen) atoms. The fourth-order valence-electron chi connectivity index (χ4n) is 2.61. The number of nitrogens with one attached hydrogen (secondary N) is 1. The van der Waals surface area contributed by atoms with Gasteiger partial charge in [0.25, 0.3) is 0 Å². The number of carbonyl (C=O) groups excluding carboxylic acids is 1. The van der Waals surface area contributed by atoms with Crippen LogP contribution >= 0.6 is 0 Å². The summed E-state index contributed by atoms with van der Waals surface area (Å²) in [5.41, 5.74) is 0.789. The van der Waals surface area contributed by atoms with Gasteiger partial charge in [-0.2, -0.15) is 0 Å². The van der Waals surface area contributed by atoms with Crippen molar-refractivity contribution in [2.24, 2.45) is 0 Å². The lowest BCUT2D eigenvalue weighted by atomic mass is 10.00. The van der Waals surface area contributed by atoms with Crippen molar-refractivity contribution in [1.29, 1.82) is 0 Å². The second-order valence-electron chi connectivity index (χ2n) is 5.28. The predicted molar refractivity (Wildman–Crippen MR) is 76.8 cm³/mol. The van der Waals surface area contributed by atoms with Crippen molar-refractivity contribution in [2.45, 2.75) is 38.6 Å². The molecule has 2 amide bonds. The molecule has 0 bridgehead atoms. The maximum absolute atomic E-state index is 13.5. The molecule has 1 heterocycles. The van der Waals surface area contributed by atoms with E-state index in [-0.39, 0.29) is 24.3 Å². The van der Waals surface area contributed by atoms with Crippen molar-refractivity contribution in [1.82, 2.24) is 4.90 Å². The Morgan fingerprint density at radius 1 is 1.43 bits per heavy atom. The lowest BCUT2D eigenvalue weighted by Gasteiger charge is -2.35. The Morgan fingerprint density at radius 2 is 2.19 bits per heavy atom. The summed E-state index contributed by atoms with van der Waals surface area (Å²) in [4.78, 5) is 24.8. The van der Waals surface area contributed by atoms with Crippen molar-refractivity contribution >= 4 is 17.7 Å². The van der Waals surface area contributed by atoms with Crippen LogP contribution in [0.4, 0.5) is 14.9 Å². The van der Waals surface area contributed by atoms with Crippen LogP contribution in [0.25, 0.3) is 0 Å². The maximum Gasteiger partial charge on any atom is 0.322 e. The molecule has 1 aliphatic rings. The van der Waals surface area contributed by atoms with Gasteiger partial charge in [-0.1, -0.05) is 6.07 Å². The zero-order valence-corrected chi connectivity index (χ0v) is 11.9. The first-order valence-corrected chi connectivity index (χ1v) is 7.03. The molecular weight excluding hydrogens is 275 g/mol. The summed E-state index contributed by atoms with van der Waals surface area (Å²) in [6, 6.07) is 3.83. The number of rotatable bonds is 3. The highest BCUT2D eigenvalue weighted by Gasteiger charge is 2.28. The van der Waals surface area contributed by atoms with E-state index in [0.717, 1.165) is 12.8 Å². The molecule has 1 unspecified atom stereocenters. The average Bonchev–Trinajstić information content (AvgIpc) is 2.44. The van der Waals surface area contributed by atoms with E-state index in [9.17, 15) is 14.0 Å². The van der Waals surface area contributed by atoms with Gasteiger partial charge in [-0.05, 0) is 38.3 Å². The van der Waals surface area contributed by atoms with Crippen LogP contribution in [-0.4, -0.2) is 34.6 Å². The van der Waals surface area contributed by atoms with Crippen LogP contribution in [0.5, 0.6) is 0 Å². The molecule has 114 valence electrons. The quantitative estimate of drug-likeness (QED) is 0.900. The van der Waals surface area contributed by atoms with E-state index in [1.54, 1.807) is 17.9 Å². The molecule has 1 atom stereocenters. The smallest absolute Gasteiger partial charge is 0.322 e. The number of nitrogens with zero attached hydrogens (tertiary/aromatic N) is 1. The predicted octanol–water partition coefficient (Wildman–Crippen LogP) is 3.00. The number of hydrogen-bond acceptors (Lipinski definition) is 2. The number of halogens is 1. The molecule has 6 heteroatoms. The van der Waals surface area contributed by atoms with Crippen molar-refractivity contribution in [2.75, 3.05) is 11.9 Å². The normalized spacial score (nSPS) is 18.4. The van der Waals surface area contributed by atoms with Crippen LogP contribution in [0.15, 0.2) is 18.2 Å². The minimum absolute atomic E-state index is 0.0600. The second kappa shape index (κ2) is 6.56. The molecule has 1 aromatic rings. The molecule has 0 spiro atoms. The van der Waals surface area contributed by atoms with E-state index in [1.807, 2.05) is 0 Å². The van der Waals surface area contributed by atoms with Crippen LogP contribution in [0.2, 0.25) is 0 Å². The van der Waals surface area contributed by atoms with Crippen molar-refractivity contribution in [3.05, 3.63) is 29.6 Å². The number of anilines is 1. The highest BCUT2D eigenvalue weighted by molar-refractivity contribution is 5.90. The minimum Gasteiger partial charge on any atom is -0.481 e. The summed E-state index contributed by atoms with van der Waals surface area (Å²) in [6.07, 6.45) is 2.39. The topological polar surface area (TPSA) is 69.6 Å². The molecule has 2 N–H and O–H groups in total. The van der Waals surface area contributed by atoms with Gasteiger partial charge in [0.1, 0.15) is 5.82 Å². The number of piperidine rings is 1. The first kappa shape index (κ1) is 15.3. The number of carbonyl (C=O) groups is 2. The van der Waals surface area contributed by atoms with E-state index in [1.165, 1.54) is 12.1 Å². The highest BCUT2D eigenvalue weighted by atomic mass is 19.1. The Morgan fingerprint density at radius 3 is 2.90 bits per heavy atom. The van der Waals surface area contributed by atoms with Crippen LogP contribution in [0, 0.1) is 12.7 Å². The summed E-state index contributed by atoms with van der Waals surface area (Å²) < 4.78 is 13.5. The van der Waals surface area contributed by atoms with E-state index >= 15 is 0 Å². The third-order valence-corrected chi connectivity index (χ3v) is 3.81. The van der Waals surface area contributed by atoms with Gasteiger partial charge in [-0.3, -0.25) is 4.79 Å². The number of amides is 2. The van der Waals surface area contributed by atoms with Crippen molar-refractivity contribution in [3.63, 3.8) is 0 Å². The maximum atomic E-state index is 13.5. The molecule has 0 saturated carbocycles. The molecular formula is C15H19FN2O3. The molecule has 0 aliphatic carbocycles. The van der Waals surface area contributed by atoms with Crippen LogP contribution in [0.1, 0.15) is 31.2 Å². The van der Waals surface area contributed by atoms with Crippen LogP contribution in [-0.2, 0) is 4.79 Å². The number of aliphatic carboxylic acids is 1. The van der Waals surface area contributed by atoms with Gasteiger partial charge < -0.3 is 15.3 Å². The molecule has 1 saturated heterocycles. The summed E-state index contributed by atoms with van der Waals surface area (Å²) in [6.45, 7) is 2.12. The Balaban J connectivity index is 2.10. The Bertz CT molecular complexity index is 548. The third kappa shape index (κ3) is 3.71. The first-order chi connectivity index (χ1) is 9.99. The van der Waals surface area contributed by atoms with Crippen molar-refractivity contribution < 1.29 is 19.1 Å². The van der Waals surface area contributed by atoms with Gasteiger partial charge in [-0.15, -0.1) is 0 Å². The van der Waals surface area contributed by atoms with Gasteiger partial charge in [0, 0.05) is 23.8 Å². The lowest BCUT2D eigenvalue weighted by Crippen LogP contribution is -2.46. The second-order valence-corrected chi connectivity index (χ2v) is 5.28. The lowest BCUT2D eigenvalue weighted by molar-refractivity contribution is -0.138. The number of urea groups is 1. The third-order valence-electron chi connectivity index (χ3n) is 3.81. The Hall–Kier alpha value is -2.11.